The standard InChI is InChI=1S/C9H14O6/c1-7(2)14-8(3,5(10)11)9(4,15-7)6(12)13/h1-4H3,(H,10,11)(H,12,13)/p-2. The van der Waals surface area contributed by atoms with Gasteiger partial charge in [-0.05, 0) is 27.7 Å². The molecule has 2 unspecified atom stereocenters. The lowest BCUT2D eigenvalue weighted by atomic mass is 9.86. The van der Waals surface area contributed by atoms with Gasteiger partial charge in [-0.15, -0.1) is 0 Å². The number of hydrogen-bond acceptors (Lipinski definition) is 6. The van der Waals surface area contributed by atoms with E-state index in [1.165, 1.54) is 13.8 Å². The third-order valence-electron chi connectivity index (χ3n) is 2.59. The molecule has 0 aromatic heterocycles. The van der Waals surface area contributed by atoms with Crippen LogP contribution in [0.1, 0.15) is 27.7 Å². The fourth-order valence-electron chi connectivity index (χ4n) is 1.67. The van der Waals surface area contributed by atoms with Crippen molar-refractivity contribution in [2.75, 3.05) is 0 Å². The molecule has 0 aromatic rings. The molecule has 1 saturated heterocycles. The predicted octanol–water partition coefficient (Wildman–Crippen LogP) is -2.21. The molecule has 0 spiro atoms. The summed E-state index contributed by atoms with van der Waals surface area (Å²) in [7, 11) is 0. The minimum Gasteiger partial charge on any atom is -0.547 e. The van der Waals surface area contributed by atoms with Crippen LogP contribution in [0, 0.1) is 0 Å². The van der Waals surface area contributed by atoms with Crippen LogP contribution in [0.5, 0.6) is 0 Å². The van der Waals surface area contributed by atoms with Gasteiger partial charge in [0.1, 0.15) is 11.2 Å². The lowest BCUT2D eigenvalue weighted by Crippen LogP contribution is -2.65. The van der Waals surface area contributed by atoms with Crippen LogP contribution < -0.4 is 10.2 Å². The van der Waals surface area contributed by atoms with Gasteiger partial charge in [0, 0.05) is 0 Å². The van der Waals surface area contributed by atoms with Gasteiger partial charge >= 0.3 is 0 Å². The second-order valence-corrected chi connectivity index (χ2v) is 4.25. The largest absolute Gasteiger partial charge is 0.547 e. The van der Waals surface area contributed by atoms with Gasteiger partial charge in [-0.1, -0.05) is 0 Å². The highest BCUT2D eigenvalue weighted by Crippen LogP contribution is 2.43. The average molecular weight is 216 g/mol. The zero-order valence-electron chi connectivity index (χ0n) is 8.95. The topological polar surface area (TPSA) is 98.7 Å². The third-order valence-corrected chi connectivity index (χ3v) is 2.59. The third kappa shape index (κ3) is 1.49. The van der Waals surface area contributed by atoms with E-state index in [4.69, 9.17) is 9.47 Å². The molecule has 0 radical (unpaired) electrons. The number of hydrogen-bond donors (Lipinski definition) is 0. The first-order chi connectivity index (χ1) is 6.55. The fourth-order valence-corrected chi connectivity index (χ4v) is 1.67. The van der Waals surface area contributed by atoms with E-state index in [-0.39, 0.29) is 0 Å². The molecule has 6 heteroatoms. The predicted molar refractivity (Wildman–Crippen MR) is 43.1 cm³/mol. The van der Waals surface area contributed by atoms with Crippen molar-refractivity contribution < 1.29 is 29.3 Å². The number of aliphatic carboxylic acids is 2. The van der Waals surface area contributed by atoms with Crippen molar-refractivity contribution in [1.29, 1.82) is 0 Å². The second-order valence-electron chi connectivity index (χ2n) is 4.25. The molecule has 0 aromatic carbocycles. The highest BCUT2D eigenvalue weighted by Gasteiger charge is 2.60. The van der Waals surface area contributed by atoms with Gasteiger partial charge < -0.3 is 29.3 Å². The van der Waals surface area contributed by atoms with Gasteiger partial charge in [-0.25, -0.2) is 0 Å². The quantitative estimate of drug-likeness (QED) is 0.518. The van der Waals surface area contributed by atoms with E-state index < -0.39 is 28.9 Å². The SMILES string of the molecule is CC1(C)OC(C)(C(=O)[O-])C(C)(C(=O)[O-])O1. The Bertz CT molecular complexity index is 293. The molecule has 1 aliphatic rings. The molecule has 2 atom stereocenters. The van der Waals surface area contributed by atoms with Gasteiger partial charge in [-0.2, -0.15) is 0 Å². The van der Waals surface area contributed by atoms with E-state index in [2.05, 4.69) is 0 Å². The Hall–Kier alpha value is -1.14. The normalized spacial score (nSPS) is 38.9. The summed E-state index contributed by atoms with van der Waals surface area (Å²) in [6.45, 7) is 5.02. The maximum Gasteiger partial charge on any atom is 0.165 e. The van der Waals surface area contributed by atoms with Crippen molar-refractivity contribution in [2.45, 2.75) is 44.7 Å². The molecule has 0 N–H and O–H groups in total. The highest BCUT2D eigenvalue weighted by molar-refractivity contribution is 5.89. The maximum atomic E-state index is 10.9. The van der Waals surface area contributed by atoms with E-state index in [1.807, 2.05) is 0 Å². The molecule has 15 heavy (non-hydrogen) atoms. The zero-order chi connectivity index (χ0) is 12.1. The smallest absolute Gasteiger partial charge is 0.165 e. The van der Waals surface area contributed by atoms with Gasteiger partial charge in [0.25, 0.3) is 0 Å². The lowest BCUT2D eigenvalue weighted by molar-refractivity contribution is -0.343. The number of carbonyl (C=O) groups excluding carboxylic acids is 2. The number of carboxylic acid groups (broad SMARTS) is 2. The summed E-state index contributed by atoms with van der Waals surface area (Å²) >= 11 is 0. The van der Waals surface area contributed by atoms with Gasteiger partial charge in [0.2, 0.25) is 0 Å². The molecule has 0 saturated carbocycles. The summed E-state index contributed by atoms with van der Waals surface area (Å²) in [6.07, 6.45) is 0. The molecule has 1 fully saturated rings. The Kier molecular flexibility index (Phi) is 2.33. The van der Waals surface area contributed by atoms with Gasteiger partial charge in [0.05, 0.1) is 11.9 Å². The molecule has 86 valence electrons. The summed E-state index contributed by atoms with van der Waals surface area (Å²) in [4.78, 5) is 21.8. The van der Waals surface area contributed by atoms with Crippen LogP contribution in [0.2, 0.25) is 0 Å². The molecule has 1 aliphatic heterocycles. The number of rotatable bonds is 2. The fraction of sp³-hybridized carbons (Fsp3) is 0.778. The first-order valence-electron chi connectivity index (χ1n) is 4.38. The van der Waals surface area contributed by atoms with Crippen molar-refractivity contribution in [2.24, 2.45) is 0 Å². The second kappa shape index (κ2) is 2.93. The van der Waals surface area contributed by atoms with E-state index >= 15 is 0 Å². The first kappa shape index (κ1) is 11.9. The summed E-state index contributed by atoms with van der Waals surface area (Å²) in [5.74, 6) is -4.62. The lowest BCUT2D eigenvalue weighted by Gasteiger charge is -2.38. The minimum absolute atomic E-state index is 1.09. The number of carbonyl (C=O) groups is 2. The molecule has 0 amide bonds. The number of ether oxygens (including phenoxy) is 2. The Labute approximate surface area is 86.8 Å². The van der Waals surface area contributed by atoms with Crippen LogP contribution >= 0.6 is 0 Å². The van der Waals surface area contributed by atoms with E-state index in [0.717, 1.165) is 13.8 Å². The van der Waals surface area contributed by atoms with Crippen molar-refractivity contribution >= 4 is 11.9 Å². The molecule has 0 aliphatic carbocycles. The molecule has 6 nitrogen and oxygen atoms in total. The molecular weight excluding hydrogens is 204 g/mol. The summed E-state index contributed by atoms with van der Waals surface area (Å²) < 4.78 is 10.1. The first-order valence-corrected chi connectivity index (χ1v) is 4.38. The minimum atomic E-state index is -2.07. The average Bonchev–Trinajstić information content (AvgIpc) is 2.19. The van der Waals surface area contributed by atoms with E-state index in [9.17, 15) is 19.8 Å². The summed E-state index contributed by atoms with van der Waals surface area (Å²) in [5.41, 5.74) is -4.15. The Morgan fingerprint density at radius 3 is 1.33 bits per heavy atom. The molecule has 1 heterocycles. The van der Waals surface area contributed by atoms with Crippen LogP contribution in [0.3, 0.4) is 0 Å². The number of carboxylic acids is 2. The van der Waals surface area contributed by atoms with E-state index in [0.29, 0.717) is 0 Å². The highest BCUT2D eigenvalue weighted by atomic mass is 16.8. The van der Waals surface area contributed by atoms with Crippen molar-refractivity contribution in [3.05, 3.63) is 0 Å². The zero-order valence-corrected chi connectivity index (χ0v) is 8.95. The van der Waals surface area contributed by atoms with Crippen molar-refractivity contribution in [1.82, 2.24) is 0 Å². The van der Waals surface area contributed by atoms with Gasteiger partial charge in [-0.3, -0.25) is 0 Å². The summed E-state index contributed by atoms with van der Waals surface area (Å²) in [5, 5.41) is 21.8. The Balaban J connectivity index is 3.27. The van der Waals surface area contributed by atoms with Crippen LogP contribution in [-0.4, -0.2) is 28.9 Å². The van der Waals surface area contributed by atoms with Crippen LogP contribution in [-0.2, 0) is 19.1 Å². The Morgan fingerprint density at radius 2 is 1.13 bits per heavy atom. The monoisotopic (exact) mass is 216 g/mol. The Morgan fingerprint density at radius 1 is 0.867 bits per heavy atom. The van der Waals surface area contributed by atoms with Crippen LogP contribution in [0.25, 0.3) is 0 Å². The van der Waals surface area contributed by atoms with Crippen molar-refractivity contribution in [3.8, 4) is 0 Å². The molecular formula is C9H12O6-2. The van der Waals surface area contributed by atoms with Gasteiger partial charge in [0.15, 0.2) is 5.79 Å². The maximum absolute atomic E-state index is 10.9. The molecule has 0 bridgehead atoms. The summed E-state index contributed by atoms with van der Waals surface area (Å²) in [6, 6.07) is 0. The molecule has 1 rings (SSSR count). The van der Waals surface area contributed by atoms with Crippen LogP contribution in [0.15, 0.2) is 0 Å². The van der Waals surface area contributed by atoms with Crippen molar-refractivity contribution in [3.63, 3.8) is 0 Å². The van der Waals surface area contributed by atoms with Crippen LogP contribution in [0.4, 0.5) is 0 Å². The van der Waals surface area contributed by atoms with E-state index in [1.54, 1.807) is 0 Å².